The molecule has 1 heterocycles. The summed E-state index contributed by atoms with van der Waals surface area (Å²) in [7, 11) is 1.16. The zero-order valence-electron chi connectivity index (χ0n) is 8.88. The van der Waals surface area contributed by atoms with Gasteiger partial charge in [0.1, 0.15) is 12.2 Å². The first kappa shape index (κ1) is 12.1. The third-order valence-corrected chi connectivity index (χ3v) is 1.72. The van der Waals surface area contributed by atoms with Crippen molar-refractivity contribution in [2.75, 3.05) is 7.11 Å². The third kappa shape index (κ3) is 3.31. The molecule has 0 saturated carbocycles. The van der Waals surface area contributed by atoms with E-state index in [2.05, 4.69) is 15.0 Å². The van der Waals surface area contributed by atoms with E-state index in [0.29, 0.717) is 5.69 Å². The number of hydrogen-bond donors (Lipinski definition) is 2. The van der Waals surface area contributed by atoms with E-state index in [-0.39, 0.29) is 6.54 Å². The molecule has 2 N–H and O–H groups in total. The lowest BCUT2D eigenvalue weighted by Gasteiger charge is -2.01. The van der Waals surface area contributed by atoms with Gasteiger partial charge < -0.3 is 9.84 Å². The number of nitrogens with zero attached hydrogens (tertiary/aromatic N) is 3. The van der Waals surface area contributed by atoms with E-state index in [1.165, 1.54) is 17.8 Å². The Morgan fingerprint density at radius 2 is 2.38 bits per heavy atom. The monoisotopic (exact) mass is 228 g/mol. The van der Waals surface area contributed by atoms with Gasteiger partial charge in [0.15, 0.2) is 0 Å². The number of carbonyl (C=O) groups excluding carboxylic acids is 2. The summed E-state index contributed by atoms with van der Waals surface area (Å²) in [5, 5.41) is 18.4. The number of hydrogen-bond acceptors (Lipinski definition) is 6. The minimum Gasteiger partial charge on any atom is -0.453 e. The minimum atomic E-state index is -0.833. The number of nitrogens with one attached hydrogen (secondary N) is 1. The van der Waals surface area contributed by atoms with Gasteiger partial charge in [0.05, 0.1) is 19.4 Å². The summed E-state index contributed by atoms with van der Waals surface area (Å²) < 4.78 is 5.45. The van der Waals surface area contributed by atoms with Crippen molar-refractivity contribution < 1.29 is 19.4 Å². The number of rotatable bonds is 3. The molecular weight excluding hydrogens is 216 g/mol. The average Bonchev–Trinajstić information content (AvgIpc) is 2.65. The highest BCUT2D eigenvalue weighted by molar-refractivity contribution is 5.91. The van der Waals surface area contributed by atoms with Gasteiger partial charge in [0.25, 0.3) is 5.91 Å². The van der Waals surface area contributed by atoms with Crippen LogP contribution in [0.15, 0.2) is 6.20 Å². The lowest BCUT2D eigenvalue weighted by molar-refractivity contribution is -0.121. The predicted molar refractivity (Wildman–Crippen MR) is 51.2 cm³/mol. The Bertz CT molecular complexity index is 387. The van der Waals surface area contributed by atoms with Crippen molar-refractivity contribution in [1.29, 1.82) is 0 Å². The van der Waals surface area contributed by atoms with Gasteiger partial charge in [-0.05, 0) is 6.92 Å². The molecule has 0 aliphatic carbocycles. The Labute approximate surface area is 91.2 Å². The summed E-state index contributed by atoms with van der Waals surface area (Å²) >= 11 is 0. The second-order valence-corrected chi connectivity index (χ2v) is 3.06. The fourth-order valence-electron chi connectivity index (χ4n) is 0.934. The number of amides is 2. The van der Waals surface area contributed by atoms with Crippen LogP contribution in [0.5, 0.6) is 0 Å². The molecule has 0 bridgehead atoms. The van der Waals surface area contributed by atoms with Crippen LogP contribution in [-0.2, 0) is 16.1 Å². The van der Waals surface area contributed by atoms with Crippen LogP contribution in [-0.4, -0.2) is 39.2 Å². The predicted octanol–water partition coefficient (Wildman–Crippen LogP) is -0.786. The SMILES string of the molecule is COC(=O)NC(=O)Cn1cc(C(C)O)nn1. The van der Waals surface area contributed by atoms with Gasteiger partial charge in [-0.2, -0.15) is 0 Å². The van der Waals surface area contributed by atoms with Crippen molar-refractivity contribution in [3.05, 3.63) is 11.9 Å². The molecule has 2 amide bonds. The van der Waals surface area contributed by atoms with E-state index in [9.17, 15) is 9.59 Å². The van der Waals surface area contributed by atoms with E-state index in [0.717, 1.165) is 7.11 Å². The Morgan fingerprint density at radius 1 is 1.69 bits per heavy atom. The first-order chi connectivity index (χ1) is 7.52. The quantitative estimate of drug-likeness (QED) is 0.702. The lowest BCUT2D eigenvalue weighted by Crippen LogP contribution is -2.33. The third-order valence-electron chi connectivity index (χ3n) is 1.72. The van der Waals surface area contributed by atoms with Gasteiger partial charge in [-0.15, -0.1) is 5.10 Å². The second-order valence-electron chi connectivity index (χ2n) is 3.06. The molecule has 0 saturated heterocycles. The number of carbonyl (C=O) groups is 2. The number of methoxy groups -OCH3 is 1. The van der Waals surface area contributed by atoms with Crippen LogP contribution >= 0.6 is 0 Å². The number of aromatic nitrogens is 3. The van der Waals surface area contributed by atoms with Gasteiger partial charge in [-0.3, -0.25) is 10.1 Å². The van der Waals surface area contributed by atoms with E-state index in [1.807, 2.05) is 5.32 Å². The maximum atomic E-state index is 11.2. The smallest absolute Gasteiger partial charge is 0.413 e. The van der Waals surface area contributed by atoms with Crippen molar-refractivity contribution in [2.24, 2.45) is 0 Å². The summed E-state index contributed by atoms with van der Waals surface area (Å²) in [4.78, 5) is 21.9. The topological polar surface area (TPSA) is 106 Å². The van der Waals surface area contributed by atoms with Crippen molar-refractivity contribution in [2.45, 2.75) is 19.6 Å². The van der Waals surface area contributed by atoms with Crippen molar-refractivity contribution in [1.82, 2.24) is 20.3 Å². The van der Waals surface area contributed by atoms with Crippen LogP contribution in [0.3, 0.4) is 0 Å². The molecule has 0 aromatic carbocycles. The number of ether oxygens (including phenoxy) is 1. The normalized spacial score (nSPS) is 11.9. The molecule has 0 aliphatic rings. The van der Waals surface area contributed by atoms with Crippen LogP contribution in [0.4, 0.5) is 4.79 Å². The van der Waals surface area contributed by atoms with Gasteiger partial charge in [0.2, 0.25) is 0 Å². The molecule has 1 aromatic heterocycles. The number of aliphatic hydroxyl groups excluding tert-OH is 1. The number of imide groups is 1. The zero-order chi connectivity index (χ0) is 12.1. The highest BCUT2D eigenvalue weighted by Crippen LogP contribution is 2.05. The number of alkyl carbamates (subject to hydrolysis) is 1. The van der Waals surface area contributed by atoms with Crippen LogP contribution in [0.25, 0.3) is 0 Å². The fraction of sp³-hybridized carbons (Fsp3) is 0.500. The van der Waals surface area contributed by atoms with E-state index < -0.39 is 18.1 Å². The molecule has 8 nitrogen and oxygen atoms in total. The van der Waals surface area contributed by atoms with Crippen LogP contribution in [0.2, 0.25) is 0 Å². The van der Waals surface area contributed by atoms with E-state index in [4.69, 9.17) is 5.11 Å². The maximum Gasteiger partial charge on any atom is 0.413 e. The van der Waals surface area contributed by atoms with Gasteiger partial charge in [0, 0.05) is 0 Å². The molecule has 88 valence electrons. The first-order valence-electron chi connectivity index (χ1n) is 4.49. The Hall–Kier alpha value is -1.96. The number of aliphatic hydroxyl groups is 1. The first-order valence-corrected chi connectivity index (χ1v) is 4.49. The van der Waals surface area contributed by atoms with Gasteiger partial charge in [-0.1, -0.05) is 5.21 Å². The molecule has 1 rings (SSSR count). The van der Waals surface area contributed by atoms with Gasteiger partial charge >= 0.3 is 6.09 Å². The van der Waals surface area contributed by atoms with Crippen molar-refractivity contribution in [3.8, 4) is 0 Å². The van der Waals surface area contributed by atoms with E-state index >= 15 is 0 Å². The molecular formula is C8H12N4O4. The zero-order valence-corrected chi connectivity index (χ0v) is 8.88. The van der Waals surface area contributed by atoms with Gasteiger partial charge in [-0.25, -0.2) is 9.48 Å². The van der Waals surface area contributed by atoms with Crippen molar-refractivity contribution in [3.63, 3.8) is 0 Å². The molecule has 0 spiro atoms. The summed E-state index contributed by atoms with van der Waals surface area (Å²) in [5.74, 6) is -0.575. The lowest BCUT2D eigenvalue weighted by atomic mass is 10.3. The summed E-state index contributed by atoms with van der Waals surface area (Å²) in [5.41, 5.74) is 0.353. The molecule has 0 radical (unpaired) electrons. The minimum absolute atomic E-state index is 0.172. The van der Waals surface area contributed by atoms with E-state index in [1.54, 1.807) is 0 Å². The Balaban J connectivity index is 2.53. The highest BCUT2D eigenvalue weighted by Gasteiger charge is 2.11. The molecule has 1 aromatic rings. The molecule has 0 fully saturated rings. The maximum absolute atomic E-state index is 11.2. The average molecular weight is 228 g/mol. The Kier molecular flexibility index (Phi) is 3.95. The molecule has 8 heteroatoms. The molecule has 1 unspecified atom stereocenters. The summed E-state index contributed by atoms with van der Waals surface area (Å²) in [6, 6.07) is 0. The highest BCUT2D eigenvalue weighted by atomic mass is 16.5. The molecule has 0 aliphatic heterocycles. The largest absolute Gasteiger partial charge is 0.453 e. The Morgan fingerprint density at radius 3 is 2.88 bits per heavy atom. The second kappa shape index (κ2) is 5.21. The van der Waals surface area contributed by atoms with Crippen LogP contribution in [0, 0.1) is 0 Å². The summed E-state index contributed by atoms with van der Waals surface area (Å²) in [6.07, 6.45) is -0.167. The summed E-state index contributed by atoms with van der Waals surface area (Å²) in [6.45, 7) is 1.36. The molecule has 1 atom stereocenters. The van der Waals surface area contributed by atoms with Crippen LogP contribution in [0.1, 0.15) is 18.7 Å². The standard InChI is InChI=1S/C8H12N4O4/c1-5(13)6-3-12(11-10-6)4-7(14)9-8(15)16-2/h3,5,13H,4H2,1-2H3,(H,9,14,15). The van der Waals surface area contributed by atoms with Crippen LogP contribution < -0.4 is 5.32 Å². The molecule has 16 heavy (non-hydrogen) atoms. The van der Waals surface area contributed by atoms with Crippen molar-refractivity contribution >= 4 is 12.0 Å². The fourth-order valence-corrected chi connectivity index (χ4v) is 0.934.